The van der Waals surface area contributed by atoms with Crippen LogP contribution in [-0.4, -0.2) is 62.5 Å². The van der Waals surface area contributed by atoms with E-state index in [4.69, 9.17) is 14.2 Å². The summed E-state index contributed by atoms with van der Waals surface area (Å²) in [6.07, 6.45) is 4.87. The maximum atomic E-state index is 12.8. The van der Waals surface area contributed by atoms with Crippen LogP contribution in [0.4, 0.5) is 5.69 Å². The van der Waals surface area contributed by atoms with Gasteiger partial charge >= 0.3 is 0 Å². The highest BCUT2D eigenvalue weighted by molar-refractivity contribution is 5.97. The molecule has 1 aliphatic heterocycles. The third-order valence-corrected chi connectivity index (χ3v) is 5.39. The first-order valence-corrected chi connectivity index (χ1v) is 10.2. The van der Waals surface area contributed by atoms with Crippen molar-refractivity contribution in [2.24, 2.45) is 0 Å². The van der Waals surface area contributed by atoms with Gasteiger partial charge in [-0.05, 0) is 44.0 Å². The third kappa shape index (κ3) is 5.67. The number of rotatable bonds is 8. The van der Waals surface area contributed by atoms with Crippen LogP contribution in [0, 0.1) is 0 Å². The number of nitrogens with zero attached hydrogens (tertiary/aromatic N) is 1. The second kappa shape index (κ2) is 10.1. The molecule has 1 aromatic carbocycles. The summed E-state index contributed by atoms with van der Waals surface area (Å²) in [5, 5.41) is 3.03. The standard InChI is InChI=1S/C21H32N2O4/c1-2-27-21(10-4-3-5-11-21)20(24)22-18-6-8-19(9-7-18)26-17-14-23-12-15-25-16-13-23/h6-9H,2-5,10-17H2,1H3,(H,22,24). The fourth-order valence-electron chi connectivity index (χ4n) is 3.83. The van der Waals surface area contributed by atoms with Gasteiger partial charge in [-0.25, -0.2) is 0 Å². The molecule has 0 radical (unpaired) electrons. The molecular weight excluding hydrogens is 344 g/mol. The SMILES string of the molecule is CCOC1(C(=O)Nc2ccc(OCCN3CCOCC3)cc2)CCCCC1. The van der Waals surface area contributed by atoms with E-state index in [9.17, 15) is 4.79 Å². The largest absolute Gasteiger partial charge is 0.492 e. The van der Waals surface area contributed by atoms with Crippen LogP contribution in [0.1, 0.15) is 39.0 Å². The summed E-state index contributed by atoms with van der Waals surface area (Å²) in [7, 11) is 0. The van der Waals surface area contributed by atoms with Gasteiger partial charge in [0, 0.05) is 31.9 Å². The van der Waals surface area contributed by atoms with Crippen LogP contribution in [0.5, 0.6) is 5.75 Å². The van der Waals surface area contributed by atoms with Crippen LogP contribution in [0.25, 0.3) is 0 Å². The Morgan fingerprint density at radius 1 is 1.15 bits per heavy atom. The molecular formula is C21H32N2O4. The van der Waals surface area contributed by atoms with Crippen molar-refractivity contribution in [2.45, 2.75) is 44.6 Å². The number of anilines is 1. The lowest BCUT2D eigenvalue weighted by Crippen LogP contribution is -2.47. The molecule has 1 saturated heterocycles. The van der Waals surface area contributed by atoms with Gasteiger partial charge in [0.2, 0.25) is 0 Å². The van der Waals surface area contributed by atoms with Crippen molar-refractivity contribution >= 4 is 11.6 Å². The Morgan fingerprint density at radius 2 is 1.85 bits per heavy atom. The second-order valence-corrected chi connectivity index (χ2v) is 7.27. The average Bonchev–Trinajstić information content (AvgIpc) is 2.71. The molecule has 1 aromatic rings. The summed E-state index contributed by atoms with van der Waals surface area (Å²) in [5.41, 5.74) is 0.116. The lowest BCUT2D eigenvalue weighted by Gasteiger charge is -2.35. The number of morpholine rings is 1. The Balaban J connectivity index is 1.48. The molecule has 1 N–H and O–H groups in total. The molecule has 2 fully saturated rings. The van der Waals surface area contributed by atoms with Gasteiger partial charge in [0.05, 0.1) is 13.2 Å². The number of benzene rings is 1. The Hall–Kier alpha value is -1.63. The Bertz CT molecular complexity index is 573. The van der Waals surface area contributed by atoms with Gasteiger partial charge < -0.3 is 19.5 Å². The fourth-order valence-corrected chi connectivity index (χ4v) is 3.83. The van der Waals surface area contributed by atoms with Crippen LogP contribution < -0.4 is 10.1 Å². The molecule has 0 atom stereocenters. The molecule has 0 bridgehead atoms. The molecule has 0 spiro atoms. The molecule has 1 amide bonds. The van der Waals surface area contributed by atoms with E-state index in [0.717, 1.165) is 70.0 Å². The summed E-state index contributed by atoms with van der Waals surface area (Å²) in [6.45, 7) is 7.61. The Kier molecular flexibility index (Phi) is 7.50. The van der Waals surface area contributed by atoms with Crippen LogP contribution in [0.2, 0.25) is 0 Å². The number of carbonyl (C=O) groups excluding carboxylic acids is 1. The van der Waals surface area contributed by atoms with E-state index in [-0.39, 0.29) is 5.91 Å². The summed E-state index contributed by atoms with van der Waals surface area (Å²) in [6, 6.07) is 7.60. The number of carbonyl (C=O) groups is 1. The van der Waals surface area contributed by atoms with E-state index in [1.807, 2.05) is 31.2 Å². The number of hydrogen-bond acceptors (Lipinski definition) is 5. The van der Waals surface area contributed by atoms with Gasteiger partial charge in [0.25, 0.3) is 5.91 Å². The van der Waals surface area contributed by atoms with Crippen LogP contribution in [-0.2, 0) is 14.3 Å². The Morgan fingerprint density at radius 3 is 2.52 bits per heavy atom. The van der Waals surface area contributed by atoms with Crippen molar-refractivity contribution in [2.75, 3.05) is 51.4 Å². The summed E-state index contributed by atoms with van der Waals surface area (Å²) in [5.74, 6) is 0.795. The Labute approximate surface area is 162 Å². The average molecular weight is 376 g/mol. The molecule has 1 heterocycles. The molecule has 27 heavy (non-hydrogen) atoms. The first-order valence-electron chi connectivity index (χ1n) is 10.2. The van der Waals surface area contributed by atoms with Crippen molar-refractivity contribution in [3.63, 3.8) is 0 Å². The summed E-state index contributed by atoms with van der Waals surface area (Å²) >= 11 is 0. The first-order chi connectivity index (χ1) is 13.2. The smallest absolute Gasteiger partial charge is 0.256 e. The number of hydrogen-bond donors (Lipinski definition) is 1. The molecule has 3 rings (SSSR count). The number of amides is 1. The van der Waals surface area contributed by atoms with Crippen molar-refractivity contribution in [1.82, 2.24) is 4.90 Å². The maximum Gasteiger partial charge on any atom is 0.256 e. The van der Waals surface area contributed by atoms with Crippen LogP contribution in [0.15, 0.2) is 24.3 Å². The zero-order valence-electron chi connectivity index (χ0n) is 16.4. The quantitative estimate of drug-likeness (QED) is 0.756. The van der Waals surface area contributed by atoms with Gasteiger partial charge in [-0.3, -0.25) is 9.69 Å². The van der Waals surface area contributed by atoms with Crippen molar-refractivity contribution in [3.05, 3.63) is 24.3 Å². The lowest BCUT2D eigenvalue weighted by molar-refractivity contribution is -0.145. The summed E-state index contributed by atoms with van der Waals surface area (Å²) < 4.78 is 17.1. The van der Waals surface area contributed by atoms with Gasteiger partial charge in [-0.1, -0.05) is 19.3 Å². The van der Waals surface area contributed by atoms with E-state index in [1.54, 1.807) is 0 Å². The highest BCUT2D eigenvalue weighted by Gasteiger charge is 2.40. The van der Waals surface area contributed by atoms with Gasteiger partial charge in [0.15, 0.2) is 0 Å². The lowest BCUT2D eigenvalue weighted by atomic mass is 9.83. The minimum absolute atomic E-state index is 0.0231. The van der Waals surface area contributed by atoms with Gasteiger partial charge in [-0.2, -0.15) is 0 Å². The van der Waals surface area contributed by atoms with E-state index >= 15 is 0 Å². The van der Waals surface area contributed by atoms with Gasteiger partial charge in [-0.15, -0.1) is 0 Å². The molecule has 2 aliphatic rings. The molecule has 0 aromatic heterocycles. The van der Waals surface area contributed by atoms with Crippen LogP contribution >= 0.6 is 0 Å². The van der Waals surface area contributed by atoms with Gasteiger partial charge in [0.1, 0.15) is 18.0 Å². The fraction of sp³-hybridized carbons (Fsp3) is 0.667. The summed E-state index contributed by atoms with van der Waals surface area (Å²) in [4.78, 5) is 15.2. The predicted octanol–water partition coefficient (Wildman–Crippen LogP) is 3.08. The molecule has 6 heteroatoms. The van der Waals surface area contributed by atoms with E-state index in [2.05, 4.69) is 10.2 Å². The predicted molar refractivity (Wildman–Crippen MR) is 105 cm³/mol. The first kappa shape index (κ1) is 20.1. The maximum absolute atomic E-state index is 12.8. The van der Waals surface area contributed by atoms with Crippen LogP contribution in [0.3, 0.4) is 0 Å². The number of ether oxygens (including phenoxy) is 3. The van der Waals surface area contributed by atoms with E-state index in [1.165, 1.54) is 6.42 Å². The topological polar surface area (TPSA) is 60.0 Å². The molecule has 0 unspecified atom stereocenters. The second-order valence-electron chi connectivity index (χ2n) is 7.27. The van der Waals surface area contributed by atoms with E-state index < -0.39 is 5.60 Å². The van der Waals surface area contributed by atoms with E-state index in [0.29, 0.717) is 13.2 Å². The van der Waals surface area contributed by atoms with Crippen molar-refractivity contribution in [1.29, 1.82) is 0 Å². The molecule has 6 nitrogen and oxygen atoms in total. The zero-order valence-corrected chi connectivity index (χ0v) is 16.4. The molecule has 1 aliphatic carbocycles. The number of nitrogens with one attached hydrogen (secondary N) is 1. The highest BCUT2D eigenvalue weighted by Crippen LogP contribution is 2.33. The van der Waals surface area contributed by atoms with Crippen molar-refractivity contribution in [3.8, 4) is 5.75 Å². The minimum atomic E-state index is -0.666. The zero-order chi connectivity index (χ0) is 19.0. The minimum Gasteiger partial charge on any atom is -0.492 e. The van der Waals surface area contributed by atoms with Crippen molar-refractivity contribution < 1.29 is 19.0 Å². The third-order valence-electron chi connectivity index (χ3n) is 5.39. The monoisotopic (exact) mass is 376 g/mol. The highest BCUT2D eigenvalue weighted by atomic mass is 16.5. The normalized spacial score (nSPS) is 20.2. The molecule has 1 saturated carbocycles. The molecule has 150 valence electrons.